The Morgan fingerprint density at radius 2 is 2.19 bits per heavy atom. The fraction of sp³-hybridized carbons (Fsp3) is 0.647. The first kappa shape index (κ1) is 16.1. The number of likely N-dealkylation sites (tertiary alicyclic amines) is 1. The van der Waals surface area contributed by atoms with Crippen LogP contribution in [-0.2, 0) is 6.54 Å². The quantitative estimate of drug-likeness (QED) is 0.837. The number of nitrogens with one attached hydrogen (secondary N) is 1. The molecule has 0 aromatic heterocycles. The molecule has 1 fully saturated rings. The van der Waals surface area contributed by atoms with E-state index >= 15 is 0 Å². The summed E-state index contributed by atoms with van der Waals surface area (Å²) in [6.07, 6.45) is 2.66. The molecule has 4 nitrogen and oxygen atoms in total. The van der Waals surface area contributed by atoms with Crippen LogP contribution in [0.3, 0.4) is 0 Å². The maximum Gasteiger partial charge on any atom is 0.161 e. The Balaban J connectivity index is 1.83. The van der Waals surface area contributed by atoms with Crippen LogP contribution in [0.4, 0.5) is 0 Å². The molecule has 4 heteroatoms. The predicted molar refractivity (Wildman–Crippen MR) is 86.1 cm³/mol. The molecule has 0 saturated carbocycles. The molecule has 2 rings (SSSR count). The molecular weight excluding hydrogens is 264 g/mol. The van der Waals surface area contributed by atoms with Crippen LogP contribution < -0.4 is 14.8 Å². The van der Waals surface area contributed by atoms with Gasteiger partial charge in [0, 0.05) is 13.1 Å². The maximum atomic E-state index is 5.62. The van der Waals surface area contributed by atoms with Gasteiger partial charge in [0.25, 0.3) is 0 Å². The van der Waals surface area contributed by atoms with E-state index in [1.54, 1.807) is 7.11 Å². The van der Waals surface area contributed by atoms with Gasteiger partial charge >= 0.3 is 0 Å². The van der Waals surface area contributed by atoms with E-state index in [0.717, 1.165) is 30.5 Å². The molecule has 0 aliphatic carbocycles. The summed E-state index contributed by atoms with van der Waals surface area (Å²) < 4.78 is 10.9. The fourth-order valence-corrected chi connectivity index (χ4v) is 2.96. The second kappa shape index (κ2) is 8.25. The predicted octanol–water partition coefficient (Wildman–Crippen LogP) is 2.53. The average Bonchev–Trinajstić information content (AvgIpc) is 2.48. The van der Waals surface area contributed by atoms with Crippen molar-refractivity contribution in [2.45, 2.75) is 26.3 Å². The van der Waals surface area contributed by atoms with Gasteiger partial charge in [-0.1, -0.05) is 6.07 Å². The first-order valence-corrected chi connectivity index (χ1v) is 7.92. The van der Waals surface area contributed by atoms with Gasteiger partial charge in [0.2, 0.25) is 0 Å². The van der Waals surface area contributed by atoms with Crippen LogP contribution in [0.2, 0.25) is 0 Å². The Bertz CT molecular complexity index is 437. The molecule has 1 atom stereocenters. The molecule has 1 aliphatic rings. The van der Waals surface area contributed by atoms with Crippen LogP contribution in [0.1, 0.15) is 25.3 Å². The molecule has 1 N–H and O–H groups in total. The summed E-state index contributed by atoms with van der Waals surface area (Å²) in [5.74, 6) is 2.40. The second-order valence-electron chi connectivity index (χ2n) is 5.82. The van der Waals surface area contributed by atoms with E-state index in [9.17, 15) is 0 Å². The molecule has 0 spiro atoms. The van der Waals surface area contributed by atoms with Gasteiger partial charge in [-0.25, -0.2) is 0 Å². The van der Waals surface area contributed by atoms with E-state index in [1.807, 2.05) is 13.0 Å². The molecule has 0 unspecified atom stereocenters. The van der Waals surface area contributed by atoms with Crippen LogP contribution in [0.5, 0.6) is 11.5 Å². The maximum absolute atomic E-state index is 5.62. The first-order chi connectivity index (χ1) is 10.2. The van der Waals surface area contributed by atoms with Gasteiger partial charge in [0.15, 0.2) is 11.5 Å². The lowest BCUT2D eigenvalue weighted by Gasteiger charge is -2.29. The van der Waals surface area contributed by atoms with Crippen molar-refractivity contribution in [2.24, 2.45) is 5.92 Å². The Morgan fingerprint density at radius 3 is 2.90 bits per heavy atom. The van der Waals surface area contributed by atoms with E-state index in [4.69, 9.17) is 9.47 Å². The highest BCUT2D eigenvalue weighted by Crippen LogP contribution is 2.28. The topological polar surface area (TPSA) is 33.7 Å². The molecule has 1 aliphatic heterocycles. The smallest absolute Gasteiger partial charge is 0.161 e. The van der Waals surface area contributed by atoms with Crippen LogP contribution in [0.25, 0.3) is 0 Å². The van der Waals surface area contributed by atoms with Crippen molar-refractivity contribution < 1.29 is 9.47 Å². The second-order valence-corrected chi connectivity index (χ2v) is 5.82. The molecule has 1 heterocycles. The van der Waals surface area contributed by atoms with Crippen LogP contribution in [-0.4, -0.2) is 45.3 Å². The Kier molecular flexibility index (Phi) is 6.33. The third-order valence-electron chi connectivity index (χ3n) is 4.01. The van der Waals surface area contributed by atoms with E-state index in [-0.39, 0.29) is 0 Å². The van der Waals surface area contributed by atoms with Gasteiger partial charge in [-0.3, -0.25) is 0 Å². The van der Waals surface area contributed by atoms with Crippen LogP contribution in [0, 0.1) is 5.92 Å². The third-order valence-corrected chi connectivity index (χ3v) is 4.01. The minimum absolute atomic E-state index is 0.654. The molecule has 118 valence electrons. The minimum Gasteiger partial charge on any atom is -0.493 e. The largest absolute Gasteiger partial charge is 0.493 e. The summed E-state index contributed by atoms with van der Waals surface area (Å²) >= 11 is 0. The highest BCUT2D eigenvalue weighted by molar-refractivity contribution is 5.42. The number of methoxy groups -OCH3 is 1. The van der Waals surface area contributed by atoms with Crippen molar-refractivity contribution in [3.8, 4) is 11.5 Å². The molecule has 0 radical (unpaired) electrons. The lowest BCUT2D eigenvalue weighted by Crippen LogP contribution is -2.37. The molecule has 1 saturated heterocycles. The number of hydrogen-bond donors (Lipinski definition) is 1. The van der Waals surface area contributed by atoms with Crippen LogP contribution in [0.15, 0.2) is 18.2 Å². The van der Waals surface area contributed by atoms with E-state index < -0.39 is 0 Å². The van der Waals surface area contributed by atoms with Crippen molar-refractivity contribution in [3.63, 3.8) is 0 Å². The highest BCUT2D eigenvalue weighted by atomic mass is 16.5. The van der Waals surface area contributed by atoms with Gasteiger partial charge in [-0.05, 0) is 63.5 Å². The molecule has 1 aromatic carbocycles. The van der Waals surface area contributed by atoms with Gasteiger partial charge in [0.05, 0.1) is 13.7 Å². The summed E-state index contributed by atoms with van der Waals surface area (Å²) in [5, 5.41) is 3.58. The number of ether oxygens (including phenoxy) is 2. The summed E-state index contributed by atoms with van der Waals surface area (Å²) in [4.78, 5) is 2.43. The SMILES string of the molecule is CCOc1cc(CNC[C@H]2CCCN(C)C2)ccc1OC. The highest BCUT2D eigenvalue weighted by Gasteiger charge is 2.16. The Hall–Kier alpha value is -1.26. The summed E-state index contributed by atoms with van der Waals surface area (Å²) in [7, 11) is 3.89. The Morgan fingerprint density at radius 1 is 1.33 bits per heavy atom. The lowest BCUT2D eigenvalue weighted by atomic mass is 9.98. The van der Waals surface area contributed by atoms with Crippen LogP contribution >= 0.6 is 0 Å². The lowest BCUT2D eigenvalue weighted by molar-refractivity contribution is 0.206. The first-order valence-electron chi connectivity index (χ1n) is 7.92. The van der Waals surface area contributed by atoms with Gasteiger partial charge < -0.3 is 19.7 Å². The molecule has 21 heavy (non-hydrogen) atoms. The zero-order valence-electron chi connectivity index (χ0n) is 13.5. The monoisotopic (exact) mass is 292 g/mol. The van der Waals surface area contributed by atoms with Crippen molar-refractivity contribution in [3.05, 3.63) is 23.8 Å². The van der Waals surface area contributed by atoms with Crippen molar-refractivity contribution >= 4 is 0 Å². The zero-order valence-corrected chi connectivity index (χ0v) is 13.5. The molecule has 0 amide bonds. The minimum atomic E-state index is 0.654. The summed E-state index contributed by atoms with van der Waals surface area (Å²) in [6, 6.07) is 6.15. The number of hydrogen-bond acceptors (Lipinski definition) is 4. The normalized spacial score (nSPS) is 19.5. The average molecular weight is 292 g/mol. The van der Waals surface area contributed by atoms with Gasteiger partial charge in [-0.15, -0.1) is 0 Å². The Labute approximate surface area is 128 Å². The number of nitrogens with zero attached hydrogens (tertiary/aromatic N) is 1. The van der Waals surface area contributed by atoms with E-state index in [0.29, 0.717) is 6.61 Å². The van der Waals surface area contributed by atoms with Crippen molar-refractivity contribution in [1.29, 1.82) is 0 Å². The fourth-order valence-electron chi connectivity index (χ4n) is 2.96. The van der Waals surface area contributed by atoms with Gasteiger partial charge in [0.1, 0.15) is 0 Å². The number of rotatable bonds is 7. The van der Waals surface area contributed by atoms with Crippen molar-refractivity contribution in [2.75, 3.05) is 40.4 Å². The van der Waals surface area contributed by atoms with Crippen molar-refractivity contribution in [1.82, 2.24) is 10.2 Å². The summed E-state index contributed by atoms with van der Waals surface area (Å²) in [5.41, 5.74) is 1.24. The van der Waals surface area contributed by atoms with E-state index in [2.05, 4.69) is 29.4 Å². The van der Waals surface area contributed by atoms with E-state index in [1.165, 1.54) is 31.5 Å². The zero-order chi connectivity index (χ0) is 15.1. The number of benzene rings is 1. The third kappa shape index (κ3) is 4.90. The molecule has 0 bridgehead atoms. The number of piperidine rings is 1. The molecule has 1 aromatic rings. The van der Waals surface area contributed by atoms with Gasteiger partial charge in [-0.2, -0.15) is 0 Å². The molecular formula is C17H28N2O2. The standard InChI is InChI=1S/C17H28N2O2/c1-4-21-17-10-14(7-8-16(17)20-3)11-18-12-15-6-5-9-19(2)13-15/h7-8,10,15,18H,4-6,9,11-13H2,1-3H3/t15-/m1/s1. The summed E-state index contributed by atoms with van der Waals surface area (Å²) in [6.45, 7) is 7.06.